The van der Waals surface area contributed by atoms with Crippen molar-refractivity contribution < 1.29 is 4.74 Å². The maximum atomic E-state index is 6.00. The summed E-state index contributed by atoms with van der Waals surface area (Å²) in [5, 5.41) is 0. The first-order valence-corrected chi connectivity index (χ1v) is 6.59. The number of nitrogens with two attached hydrogens (primary N) is 1. The molecule has 0 aliphatic carbocycles. The molecular weight excluding hydrogens is 224 g/mol. The monoisotopic (exact) mass is 248 g/mol. The third kappa shape index (κ3) is 2.13. The molecule has 1 aliphatic heterocycles. The predicted molar refractivity (Wildman–Crippen MR) is 75.3 cm³/mol. The fourth-order valence-corrected chi connectivity index (χ4v) is 2.93. The Kier molecular flexibility index (Phi) is 3.64. The minimum Gasteiger partial charge on any atom is -0.496 e. The second kappa shape index (κ2) is 4.90. The average molecular weight is 248 g/mol. The van der Waals surface area contributed by atoms with E-state index in [9.17, 15) is 0 Å². The summed E-state index contributed by atoms with van der Waals surface area (Å²) in [4.78, 5) is 2.31. The van der Waals surface area contributed by atoms with Gasteiger partial charge < -0.3 is 15.4 Å². The highest BCUT2D eigenvalue weighted by molar-refractivity contribution is 5.43. The zero-order chi connectivity index (χ0) is 13.3. The van der Waals surface area contributed by atoms with Crippen LogP contribution in [0.15, 0.2) is 18.2 Å². The van der Waals surface area contributed by atoms with Crippen LogP contribution in [0.5, 0.6) is 5.75 Å². The van der Waals surface area contributed by atoms with Gasteiger partial charge in [0.05, 0.1) is 7.11 Å². The van der Waals surface area contributed by atoms with Crippen molar-refractivity contribution in [2.75, 3.05) is 33.8 Å². The number of benzene rings is 1. The Morgan fingerprint density at radius 3 is 2.50 bits per heavy atom. The molecule has 0 atom stereocenters. The van der Waals surface area contributed by atoms with Gasteiger partial charge in [0.25, 0.3) is 0 Å². The van der Waals surface area contributed by atoms with Crippen LogP contribution in [0.2, 0.25) is 0 Å². The Bertz CT molecular complexity index is 423. The molecule has 100 valence electrons. The molecule has 2 rings (SSSR count). The van der Waals surface area contributed by atoms with Gasteiger partial charge in [-0.3, -0.25) is 0 Å². The molecule has 2 N–H and O–H groups in total. The van der Waals surface area contributed by atoms with E-state index in [4.69, 9.17) is 10.5 Å². The summed E-state index contributed by atoms with van der Waals surface area (Å²) in [6.07, 6.45) is 0. The van der Waals surface area contributed by atoms with Gasteiger partial charge in [-0.05, 0) is 30.2 Å². The lowest BCUT2D eigenvalue weighted by atomic mass is 9.73. The Hall–Kier alpha value is -1.06. The summed E-state index contributed by atoms with van der Waals surface area (Å²) < 4.78 is 5.44. The molecule has 1 saturated heterocycles. The zero-order valence-corrected chi connectivity index (χ0v) is 11.9. The smallest absolute Gasteiger partial charge is 0.122 e. The number of likely N-dealkylation sites (tertiary alicyclic amines) is 1. The number of rotatable bonds is 4. The van der Waals surface area contributed by atoms with E-state index in [0.717, 1.165) is 18.8 Å². The van der Waals surface area contributed by atoms with Gasteiger partial charge in [0.1, 0.15) is 5.75 Å². The molecule has 18 heavy (non-hydrogen) atoms. The molecule has 1 aliphatic rings. The summed E-state index contributed by atoms with van der Waals surface area (Å²) in [5.74, 6) is 1.45. The lowest BCUT2D eigenvalue weighted by molar-refractivity contribution is 0.0999. The summed E-state index contributed by atoms with van der Waals surface area (Å²) >= 11 is 0. The standard InChI is InChI=1S/C15H24N2O/c1-11(2)13-7-12(5-6-14(13)18-4)15(8-16)9-17(3)10-15/h5-7,11H,8-10,16H2,1-4H3. The van der Waals surface area contributed by atoms with Gasteiger partial charge >= 0.3 is 0 Å². The van der Waals surface area contributed by atoms with E-state index < -0.39 is 0 Å². The van der Waals surface area contributed by atoms with Crippen molar-refractivity contribution in [1.82, 2.24) is 4.90 Å². The van der Waals surface area contributed by atoms with Crippen molar-refractivity contribution in [3.05, 3.63) is 29.3 Å². The molecule has 1 heterocycles. The normalized spacial score (nSPS) is 18.8. The van der Waals surface area contributed by atoms with Crippen LogP contribution in [0, 0.1) is 0 Å². The van der Waals surface area contributed by atoms with Gasteiger partial charge in [-0.25, -0.2) is 0 Å². The SMILES string of the molecule is COc1ccc(C2(CN)CN(C)C2)cc1C(C)C. The molecule has 0 bridgehead atoms. The molecule has 1 aromatic carbocycles. The fourth-order valence-electron chi connectivity index (χ4n) is 2.93. The lowest BCUT2D eigenvalue weighted by Crippen LogP contribution is -2.61. The van der Waals surface area contributed by atoms with Crippen LogP contribution in [0.1, 0.15) is 30.9 Å². The lowest BCUT2D eigenvalue weighted by Gasteiger charge is -2.48. The Labute approximate surface area is 110 Å². The van der Waals surface area contributed by atoms with Gasteiger partial charge in [0, 0.05) is 25.0 Å². The summed E-state index contributed by atoms with van der Waals surface area (Å²) in [7, 11) is 3.87. The Morgan fingerprint density at radius 1 is 1.39 bits per heavy atom. The second-order valence-electron chi connectivity index (χ2n) is 5.77. The highest BCUT2D eigenvalue weighted by atomic mass is 16.5. The Morgan fingerprint density at radius 2 is 2.06 bits per heavy atom. The van der Waals surface area contributed by atoms with Crippen LogP contribution in [-0.2, 0) is 5.41 Å². The number of likely N-dealkylation sites (N-methyl/N-ethyl adjacent to an activating group) is 1. The molecule has 0 saturated carbocycles. The summed E-state index contributed by atoms with van der Waals surface area (Å²) in [5.41, 5.74) is 8.77. The fraction of sp³-hybridized carbons (Fsp3) is 0.600. The van der Waals surface area contributed by atoms with Crippen LogP contribution in [-0.4, -0.2) is 38.7 Å². The molecule has 0 amide bonds. The summed E-state index contributed by atoms with van der Waals surface area (Å²) in [6.45, 7) is 7.20. The van der Waals surface area contributed by atoms with E-state index in [-0.39, 0.29) is 5.41 Å². The van der Waals surface area contributed by atoms with Crippen LogP contribution >= 0.6 is 0 Å². The molecule has 0 spiro atoms. The molecule has 0 radical (unpaired) electrons. The van der Waals surface area contributed by atoms with Crippen molar-refractivity contribution in [3.8, 4) is 5.75 Å². The van der Waals surface area contributed by atoms with Gasteiger partial charge in [-0.2, -0.15) is 0 Å². The first-order chi connectivity index (χ1) is 8.52. The van der Waals surface area contributed by atoms with Crippen molar-refractivity contribution in [3.63, 3.8) is 0 Å². The van der Waals surface area contributed by atoms with Crippen LogP contribution < -0.4 is 10.5 Å². The van der Waals surface area contributed by atoms with Crippen molar-refractivity contribution in [1.29, 1.82) is 0 Å². The zero-order valence-electron chi connectivity index (χ0n) is 11.9. The maximum Gasteiger partial charge on any atom is 0.122 e. The molecule has 1 aromatic rings. The summed E-state index contributed by atoms with van der Waals surface area (Å²) in [6, 6.07) is 6.54. The highest BCUT2D eigenvalue weighted by Gasteiger charge is 2.41. The van der Waals surface area contributed by atoms with E-state index in [1.54, 1.807) is 7.11 Å². The first kappa shape index (κ1) is 13.4. The minimum absolute atomic E-state index is 0.144. The number of hydrogen-bond donors (Lipinski definition) is 1. The number of nitrogens with zero attached hydrogens (tertiary/aromatic N) is 1. The first-order valence-electron chi connectivity index (χ1n) is 6.59. The van der Waals surface area contributed by atoms with E-state index in [1.165, 1.54) is 11.1 Å². The maximum absolute atomic E-state index is 6.00. The van der Waals surface area contributed by atoms with Crippen LogP contribution in [0.3, 0.4) is 0 Å². The Balaban J connectivity index is 2.37. The molecular formula is C15H24N2O. The predicted octanol–water partition coefficient (Wildman–Crippen LogP) is 1.96. The molecule has 3 nitrogen and oxygen atoms in total. The topological polar surface area (TPSA) is 38.5 Å². The second-order valence-corrected chi connectivity index (χ2v) is 5.77. The van der Waals surface area contributed by atoms with Crippen LogP contribution in [0.25, 0.3) is 0 Å². The average Bonchev–Trinajstić information content (AvgIpc) is 2.33. The van der Waals surface area contributed by atoms with Crippen molar-refractivity contribution in [2.24, 2.45) is 5.73 Å². The quantitative estimate of drug-likeness (QED) is 0.885. The number of hydrogen-bond acceptors (Lipinski definition) is 3. The van der Waals surface area contributed by atoms with Crippen molar-refractivity contribution >= 4 is 0 Å². The van der Waals surface area contributed by atoms with E-state index in [1.807, 2.05) is 0 Å². The largest absolute Gasteiger partial charge is 0.496 e. The van der Waals surface area contributed by atoms with E-state index in [2.05, 4.69) is 44.0 Å². The molecule has 1 fully saturated rings. The molecule has 3 heteroatoms. The number of methoxy groups -OCH3 is 1. The van der Waals surface area contributed by atoms with Gasteiger partial charge in [-0.15, -0.1) is 0 Å². The number of ether oxygens (including phenoxy) is 1. The van der Waals surface area contributed by atoms with Crippen LogP contribution in [0.4, 0.5) is 0 Å². The van der Waals surface area contributed by atoms with Crippen molar-refractivity contribution in [2.45, 2.75) is 25.2 Å². The molecule has 0 aromatic heterocycles. The third-order valence-electron chi connectivity index (χ3n) is 4.00. The van der Waals surface area contributed by atoms with E-state index >= 15 is 0 Å². The molecule has 0 unspecified atom stereocenters. The van der Waals surface area contributed by atoms with Gasteiger partial charge in [-0.1, -0.05) is 26.0 Å². The third-order valence-corrected chi connectivity index (χ3v) is 4.00. The van der Waals surface area contributed by atoms with Gasteiger partial charge in [0.2, 0.25) is 0 Å². The van der Waals surface area contributed by atoms with E-state index in [0.29, 0.717) is 12.5 Å². The minimum atomic E-state index is 0.144. The van der Waals surface area contributed by atoms with Gasteiger partial charge in [0.15, 0.2) is 0 Å². The highest BCUT2D eigenvalue weighted by Crippen LogP contribution is 2.36.